The van der Waals surface area contributed by atoms with Crippen LogP contribution in [0.25, 0.3) is 10.9 Å². The van der Waals surface area contributed by atoms with Gasteiger partial charge >= 0.3 is 0 Å². The quantitative estimate of drug-likeness (QED) is 0.630. The number of benzene rings is 1. The van der Waals surface area contributed by atoms with Gasteiger partial charge in [-0.05, 0) is 12.1 Å². The van der Waals surface area contributed by atoms with Crippen LogP contribution in [0.4, 0.5) is 0 Å². The molecule has 1 unspecified atom stereocenters. The highest BCUT2D eigenvalue weighted by Gasteiger charge is 2.14. The fourth-order valence-electron chi connectivity index (χ4n) is 1.60. The highest BCUT2D eigenvalue weighted by molar-refractivity contribution is 9.10. The number of rotatable bonds is 2. The number of nitrogens with zero attached hydrogens (tertiary/aromatic N) is 3. The summed E-state index contributed by atoms with van der Waals surface area (Å²) in [7, 11) is 0. The van der Waals surface area contributed by atoms with Gasteiger partial charge in [0.1, 0.15) is 0 Å². The number of carbonyl (C=O) groups excluding carboxylic acids is 1. The number of hydrogen-bond donors (Lipinski definition) is 0. The van der Waals surface area contributed by atoms with Gasteiger partial charge < -0.3 is 0 Å². The molecule has 1 atom stereocenters. The highest BCUT2D eigenvalue weighted by atomic mass is 79.9. The average molecular weight is 288 g/mol. The van der Waals surface area contributed by atoms with Gasteiger partial charge in [0.05, 0.1) is 11.6 Å². The predicted molar refractivity (Wildman–Crippen MR) is 65.9 cm³/mol. The van der Waals surface area contributed by atoms with E-state index < -0.39 is 6.04 Å². The van der Waals surface area contributed by atoms with Crippen molar-refractivity contribution in [2.45, 2.75) is 6.04 Å². The molecule has 0 amide bonds. The average Bonchev–Trinajstić information content (AvgIpc) is 2.37. The first kappa shape index (κ1) is 11.5. The number of isocyanates is 1. The summed E-state index contributed by atoms with van der Waals surface area (Å²) in [4.78, 5) is 18.0. The molecule has 0 saturated heterocycles. The molecule has 2 aromatic rings. The lowest BCUT2D eigenvalue weighted by molar-refractivity contribution is 0.561. The third-order valence-electron chi connectivity index (χ3n) is 2.35. The molecule has 0 radical (unpaired) electrons. The number of aliphatic imine (C=N–C) groups is 1. The smallest absolute Gasteiger partial charge is 0.236 e. The van der Waals surface area contributed by atoms with E-state index in [-0.39, 0.29) is 0 Å². The Kier molecular flexibility index (Phi) is 3.29. The molecule has 5 heteroatoms. The van der Waals surface area contributed by atoms with Crippen molar-refractivity contribution < 1.29 is 4.79 Å². The van der Waals surface area contributed by atoms with E-state index in [0.29, 0.717) is 11.1 Å². The first-order chi connectivity index (χ1) is 8.27. The number of hydrogen-bond acceptors (Lipinski definition) is 4. The monoisotopic (exact) mass is 287 g/mol. The Hall–Kier alpha value is -2.02. The summed E-state index contributed by atoms with van der Waals surface area (Å²) in [6.45, 7) is 0. The molecule has 0 bridgehead atoms. The fraction of sp³-hybridized carbons (Fsp3) is 0.0833. The summed E-state index contributed by atoms with van der Waals surface area (Å²) in [5, 5.41) is 9.86. The summed E-state index contributed by atoms with van der Waals surface area (Å²) < 4.78 is 0.885. The van der Waals surface area contributed by atoms with Crippen molar-refractivity contribution in [3.8, 4) is 6.07 Å². The van der Waals surface area contributed by atoms with Crippen molar-refractivity contribution in [2.24, 2.45) is 4.99 Å². The topological polar surface area (TPSA) is 66.1 Å². The molecule has 1 aromatic heterocycles. The van der Waals surface area contributed by atoms with Crippen LogP contribution in [-0.2, 0) is 4.79 Å². The molecule has 1 heterocycles. The van der Waals surface area contributed by atoms with Gasteiger partial charge in [0, 0.05) is 21.6 Å². The van der Waals surface area contributed by atoms with Gasteiger partial charge in [-0.3, -0.25) is 4.98 Å². The van der Waals surface area contributed by atoms with Gasteiger partial charge in [-0.15, -0.1) is 0 Å². The van der Waals surface area contributed by atoms with Gasteiger partial charge in [-0.2, -0.15) is 10.3 Å². The minimum Gasteiger partial charge on any atom is -0.256 e. The van der Waals surface area contributed by atoms with Gasteiger partial charge in [-0.25, -0.2) is 4.79 Å². The van der Waals surface area contributed by atoms with Crippen molar-refractivity contribution in [2.75, 3.05) is 0 Å². The number of aromatic nitrogens is 1. The fourth-order valence-corrected chi connectivity index (χ4v) is 2.05. The summed E-state index contributed by atoms with van der Waals surface area (Å²) in [6, 6.07) is 8.31. The minimum absolute atomic E-state index is 0.606. The third kappa shape index (κ3) is 2.09. The van der Waals surface area contributed by atoms with Gasteiger partial charge in [0.2, 0.25) is 6.08 Å². The van der Waals surface area contributed by atoms with Crippen LogP contribution in [0.3, 0.4) is 0 Å². The van der Waals surface area contributed by atoms with Crippen molar-refractivity contribution >= 4 is 32.9 Å². The summed E-state index contributed by atoms with van der Waals surface area (Å²) in [5.41, 5.74) is 1.27. The predicted octanol–water partition coefficient (Wildman–Crippen LogP) is 2.90. The first-order valence-electron chi connectivity index (χ1n) is 4.77. The molecule has 4 nitrogen and oxygen atoms in total. The van der Waals surface area contributed by atoms with E-state index in [4.69, 9.17) is 5.26 Å². The van der Waals surface area contributed by atoms with Crippen molar-refractivity contribution in [3.05, 3.63) is 40.5 Å². The molecule has 82 valence electrons. The Morgan fingerprint density at radius 2 is 2.24 bits per heavy atom. The Bertz CT molecular complexity index is 656. The number of halogens is 1. The second-order valence-electron chi connectivity index (χ2n) is 3.29. The standard InChI is InChI=1S/C12H6BrN3O/c13-10-4-3-9(11(6-14)16-7-17)12-8(10)2-1-5-15-12/h1-5,11H. The van der Waals surface area contributed by atoms with E-state index in [2.05, 4.69) is 25.9 Å². The number of nitriles is 1. The first-order valence-corrected chi connectivity index (χ1v) is 5.57. The molecule has 17 heavy (non-hydrogen) atoms. The second-order valence-corrected chi connectivity index (χ2v) is 4.14. The molecule has 0 aliphatic heterocycles. The van der Waals surface area contributed by atoms with Crippen LogP contribution >= 0.6 is 15.9 Å². The molecule has 0 fully saturated rings. The zero-order valence-electron chi connectivity index (χ0n) is 8.59. The van der Waals surface area contributed by atoms with Crippen LogP contribution in [-0.4, -0.2) is 11.1 Å². The number of pyridine rings is 1. The summed E-state index contributed by atoms with van der Waals surface area (Å²) >= 11 is 3.41. The zero-order valence-corrected chi connectivity index (χ0v) is 10.2. The molecule has 1 aromatic carbocycles. The van der Waals surface area contributed by atoms with Crippen LogP contribution < -0.4 is 0 Å². The highest BCUT2D eigenvalue weighted by Crippen LogP contribution is 2.29. The molecule has 2 rings (SSSR count). The van der Waals surface area contributed by atoms with E-state index in [9.17, 15) is 4.79 Å². The molecule has 0 aliphatic rings. The Labute approximate surface area is 106 Å². The van der Waals surface area contributed by atoms with E-state index in [1.54, 1.807) is 18.3 Å². The lowest BCUT2D eigenvalue weighted by Crippen LogP contribution is -1.95. The SMILES string of the molecule is N#CC(N=C=O)c1ccc(Br)c2cccnc12. The Morgan fingerprint density at radius 3 is 2.94 bits per heavy atom. The van der Waals surface area contributed by atoms with Crippen molar-refractivity contribution in [1.29, 1.82) is 5.26 Å². The Morgan fingerprint density at radius 1 is 1.41 bits per heavy atom. The lowest BCUT2D eigenvalue weighted by Gasteiger charge is -2.07. The van der Waals surface area contributed by atoms with Crippen LogP contribution in [0.2, 0.25) is 0 Å². The van der Waals surface area contributed by atoms with Crippen LogP contribution in [0, 0.1) is 11.3 Å². The minimum atomic E-state index is -0.863. The second kappa shape index (κ2) is 4.88. The maximum atomic E-state index is 10.3. The van der Waals surface area contributed by atoms with E-state index in [0.717, 1.165) is 9.86 Å². The third-order valence-corrected chi connectivity index (χ3v) is 3.04. The largest absolute Gasteiger partial charge is 0.256 e. The molecule has 0 aliphatic carbocycles. The maximum Gasteiger partial charge on any atom is 0.236 e. The lowest BCUT2D eigenvalue weighted by atomic mass is 10.0. The molecular formula is C12H6BrN3O. The van der Waals surface area contributed by atoms with Crippen molar-refractivity contribution in [3.63, 3.8) is 0 Å². The van der Waals surface area contributed by atoms with Gasteiger partial charge in [-0.1, -0.05) is 28.1 Å². The van der Waals surface area contributed by atoms with Gasteiger partial charge in [0.25, 0.3) is 0 Å². The van der Waals surface area contributed by atoms with E-state index in [1.165, 1.54) is 6.08 Å². The molecule has 0 N–H and O–H groups in total. The molecular weight excluding hydrogens is 282 g/mol. The Balaban J connectivity index is 2.75. The summed E-state index contributed by atoms with van der Waals surface area (Å²) in [5.74, 6) is 0. The number of fused-ring (bicyclic) bond motifs is 1. The normalized spacial score (nSPS) is 11.5. The summed E-state index contributed by atoms with van der Waals surface area (Å²) in [6.07, 6.45) is 3.05. The van der Waals surface area contributed by atoms with Crippen LogP contribution in [0.1, 0.15) is 11.6 Å². The van der Waals surface area contributed by atoms with E-state index >= 15 is 0 Å². The zero-order chi connectivity index (χ0) is 12.3. The van der Waals surface area contributed by atoms with E-state index in [1.807, 2.05) is 18.2 Å². The van der Waals surface area contributed by atoms with Crippen LogP contribution in [0.15, 0.2) is 39.9 Å². The molecule has 0 saturated carbocycles. The maximum absolute atomic E-state index is 10.3. The van der Waals surface area contributed by atoms with Crippen LogP contribution in [0.5, 0.6) is 0 Å². The van der Waals surface area contributed by atoms with Gasteiger partial charge in [0.15, 0.2) is 6.04 Å². The van der Waals surface area contributed by atoms with Crippen molar-refractivity contribution in [1.82, 2.24) is 4.98 Å². The molecule has 0 spiro atoms.